The topological polar surface area (TPSA) is 29.5 Å². The lowest BCUT2D eigenvalue weighted by Gasteiger charge is -2.27. The molecule has 2 heteroatoms. The highest BCUT2D eigenvalue weighted by molar-refractivity contribution is 5.51. The van der Waals surface area contributed by atoms with Crippen LogP contribution in [0.15, 0.2) is 42.5 Å². The third-order valence-electron chi connectivity index (χ3n) is 4.31. The Bertz CT molecular complexity index is 654. The van der Waals surface area contributed by atoms with Crippen molar-refractivity contribution in [3.63, 3.8) is 0 Å². The quantitative estimate of drug-likeness (QED) is 0.855. The monoisotopic (exact) mass is 282 g/mol. The molecular weight excluding hydrogens is 260 g/mol. The lowest BCUT2D eigenvalue weighted by molar-refractivity contribution is 0.122. The van der Waals surface area contributed by atoms with Crippen molar-refractivity contribution in [3.8, 4) is 11.5 Å². The zero-order valence-electron chi connectivity index (χ0n) is 13.1. The van der Waals surface area contributed by atoms with Crippen LogP contribution in [0.1, 0.15) is 56.2 Å². The van der Waals surface area contributed by atoms with Crippen LogP contribution in [0.4, 0.5) is 0 Å². The summed E-state index contributed by atoms with van der Waals surface area (Å²) in [7, 11) is 0. The largest absolute Gasteiger partial charge is 0.508 e. The van der Waals surface area contributed by atoms with E-state index in [4.69, 9.17) is 4.74 Å². The predicted molar refractivity (Wildman–Crippen MR) is 85.2 cm³/mol. The molecule has 21 heavy (non-hydrogen) atoms. The first-order valence-corrected chi connectivity index (χ1v) is 7.50. The highest BCUT2D eigenvalue weighted by Crippen LogP contribution is 2.49. The maximum Gasteiger partial charge on any atom is 0.124 e. The fourth-order valence-corrected chi connectivity index (χ4v) is 3.23. The molecule has 0 aromatic heterocycles. The smallest absolute Gasteiger partial charge is 0.124 e. The van der Waals surface area contributed by atoms with Gasteiger partial charge in [0.15, 0.2) is 0 Å². The molecule has 0 bridgehead atoms. The number of ether oxygens (including phenoxy) is 1. The standard InChI is InChI=1S/C19H22O2/c1-12(2)13-5-7-14(8-6-13)18-16-11-15(20)9-10-17(16)21-19(18,3)4/h5-12,18,20H,1-4H3. The lowest BCUT2D eigenvalue weighted by atomic mass is 9.81. The molecule has 1 aliphatic heterocycles. The number of hydrogen-bond acceptors (Lipinski definition) is 2. The normalized spacial score (nSPS) is 19.4. The first-order chi connectivity index (χ1) is 9.88. The van der Waals surface area contributed by atoms with Gasteiger partial charge in [-0.05, 0) is 49.1 Å². The number of phenolic OH excluding ortho intramolecular Hbond substituents is 1. The Labute approximate surface area is 126 Å². The summed E-state index contributed by atoms with van der Waals surface area (Å²) in [4.78, 5) is 0. The van der Waals surface area contributed by atoms with Gasteiger partial charge in [-0.1, -0.05) is 38.1 Å². The second-order valence-corrected chi connectivity index (χ2v) is 6.68. The van der Waals surface area contributed by atoms with Crippen LogP contribution in [-0.2, 0) is 0 Å². The summed E-state index contributed by atoms with van der Waals surface area (Å²) in [6, 6.07) is 14.1. The minimum absolute atomic E-state index is 0.140. The Kier molecular flexibility index (Phi) is 3.20. The number of hydrogen-bond donors (Lipinski definition) is 1. The van der Waals surface area contributed by atoms with Crippen LogP contribution in [0.2, 0.25) is 0 Å². The Morgan fingerprint density at radius 2 is 1.71 bits per heavy atom. The Morgan fingerprint density at radius 1 is 1.05 bits per heavy atom. The van der Waals surface area contributed by atoms with Crippen LogP contribution >= 0.6 is 0 Å². The van der Waals surface area contributed by atoms with E-state index in [1.807, 2.05) is 12.1 Å². The second kappa shape index (κ2) is 4.80. The van der Waals surface area contributed by atoms with Crippen molar-refractivity contribution in [2.45, 2.75) is 45.1 Å². The van der Waals surface area contributed by atoms with Crippen LogP contribution in [0.5, 0.6) is 11.5 Å². The fourth-order valence-electron chi connectivity index (χ4n) is 3.23. The zero-order valence-corrected chi connectivity index (χ0v) is 13.1. The molecule has 1 atom stereocenters. The molecular formula is C19H22O2. The van der Waals surface area contributed by atoms with Crippen molar-refractivity contribution in [1.29, 1.82) is 0 Å². The van der Waals surface area contributed by atoms with Crippen molar-refractivity contribution in [2.75, 3.05) is 0 Å². The van der Waals surface area contributed by atoms with E-state index in [1.165, 1.54) is 11.1 Å². The molecule has 2 aromatic rings. The second-order valence-electron chi connectivity index (χ2n) is 6.68. The van der Waals surface area contributed by atoms with Crippen LogP contribution in [0.25, 0.3) is 0 Å². The highest BCUT2D eigenvalue weighted by atomic mass is 16.5. The van der Waals surface area contributed by atoms with Gasteiger partial charge in [0.05, 0.1) is 5.92 Å². The number of aromatic hydroxyl groups is 1. The highest BCUT2D eigenvalue weighted by Gasteiger charge is 2.42. The van der Waals surface area contributed by atoms with E-state index in [2.05, 4.69) is 52.0 Å². The Morgan fingerprint density at radius 3 is 2.33 bits per heavy atom. The minimum Gasteiger partial charge on any atom is -0.508 e. The number of benzene rings is 2. The molecule has 2 nitrogen and oxygen atoms in total. The maximum atomic E-state index is 9.79. The third-order valence-corrected chi connectivity index (χ3v) is 4.31. The van der Waals surface area contributed by atoms with Crippen LogP contribution in [-0.4, -0.2) is 10.7 Å². The van der Waals surface area contributed by atoms with E-state index in [-0.39, 0.29) is 11.5 Å². The van der Waals surface area contributed by atoms with Crippen molar-refractivity contribution < 1.29 is 9.84 Å². The molecule has 0 aliphatic carbocycles. The molecule has 0 saturated heterocycles. The van der Waals surface area contributed by atoms with Gasteiger partial charge in [-0.3, -0.25) is 0 Å². The summed E-state index contributed by atoms with van der Waals surface area (Å²) in [6.07, 6.45) is 0. The number of rotatable bonds is 2. The Balaban J connectivity index is 2.06. The molecule has 110 valence electrons. The minimum atomic E-state index is -0.310. The molecule has 1 heterocycles. The van der Waals surface area contributed by atoms with Crippen LogP contribution in [0, 0.1) is 0 Å². The van der Waals surface area contributed by atoms with E-state index in [0.29, 0.717) is 11.7 Å². The van der Waals surface area contributed by atoms with Gasteiger partial charge in [0.2, 0.25) is 0 Å². The van der Waals surface area contributed by atoms with E-state index in [0.717, 1.165) is 11.3 Å². The van der Waals surface area contributed by atoms with Gasteiger partial charge in [-0.25, -0.2) is 0 Å². The summed E-state index contributed by atoms with van der Waals surface area (Å²) in [5.74, 6) is 1.83. The van der Waals surface area contributed by atoms with Gasteiger partial charge in [0, 0.05) is 5.56 Å². The molecule has 0 radical (unpaired) electrons. The molecule has 1 aliphatic rings. The molecule has 1 unspecified atom stereocenters. The van der Waals surface area contributed by atoms with Crippen LogP contribution < -0.4 is 4.74 Å². The van der Waals surface area contributed by atoms with E-state index in [9.17, 15) is 5.11 Å². The molecule has 0 saturated carbocycles. The van der Waals surface area contributed by atoms with Crippen LogP contribution in [0.3, 0.4) is 0 Å². The fraction of sp³-hybridized carbons (Fsp3) is 0.368. The van der Waals surface area contributed by atoms with E-state index < -0.39 is 0 Å². The van der Waals surface area contributed by atoms with Gasteiger partial charge in [0.25, 0.3) is 0 Å². The average Bonchev–Trinajstić information content (AvgIpc) is 2.68. The third kappa shape index (κ3) is 2.39. The average molecular weight is 282 g/mol. The molecule has 1 N–H and O–H groups in total. The van der Waals surface area contributed by atoms with Crippen molar-refractivity contribution >= 4 is 0 Å². The molecule has 0 spiro atoms. The summed E-state index contributed by atoms with van der Waals surface area (Å²) < 4.78 is 6.08. The Hall–Kier alpha value is -1.96. The van der Waals surface area contributed by atoms with Gasteiger partial charge < -0.3 is 9.84 Å². The van der Waals surface area contributed by atoms with Crippen molar-refractivity contribution in [2.24, 2.45) is 0 Å². The maximum absolute atomic E-state index is 9.79. The molecule has 2 aromatic carbocycles. The van der Waals surface area contributed by atoms with Gasteiger partial charge in [-0.15, -0.1) is 0 Å². The molecule has 0 amide bonds. The SMILES string of the molecule is CC(C)c1ccc(C2c3cc(O)ccc3OC2(C)C)cc1. The first-order valence-electron chi connectivity index (χ1n) is 7.50. The molecule has 3 rings (SSSR count). The van der Waals surface area contributed by atoms with Gasteiger partial charge in [-0.2, -0.15) is 0 Å². The predicted octanol–water partition coefficient (Wildman–Crippen LogP) is 4.82. The summed E-state index contributed by atoms with van der Waals surface area (Å²) in [6.45, 7) is 8.60. The summed E-state index contributed by atoms with van der Waals surface area (Å²) >= 11 is 0. The van der Waals surface area contributed by atoms with E-state index >= 15 is 0 Å². The number of fused-ring (bicyclic) bond motifs is 1. The van der Waals surface area contributed by atoms with Crippen molar-refractivity contribution in [3.05, 3.63) is 59.2 Å². The lowest BCUT2D eigenvalue weighted by Crippen LogP contribution is -2.30. The summed E-state index contributed by atoms with van der Waals surface area (Å²) in [5, 5.41) is 9.79. The zero-order chi connectivity index (χ0) is 15.2. The summed E-state index contributed by atoms with van der Waals surface area (Å²) in [5.41, 5.74) is 3.33. The number of phenols is 1. The molecule has 0 fully saturated rings. The van der Waals surface area contributed by atoms with E-state index in [1.54, 1.807) is 6.07 Å². The first kappa shape index (κ1) is 14.0. The van der Waals surface area contributed by atoms with Gasteiger partial charge >= 0.3 is 0 Å². The van der Waals surface area contributed by atoms with Gasteiger partial charge in [0.1, 0.15) is 17.1 Å². The van der Waals surface area contributed by atoms with Crippen molar-refractivity contribution in [1.82, 2.24) is 0 Å².